The van der Waals surface area contributed by atoms with Gasteiger partial charge in [0.05, 0.1) is 12.6 Å². The molecule has 0 unspecified atom stereocenters. The molecular weight excluding hydrogens is 194 g/mol. The molecule has 0 aromatic rings. The van der Waals surface area contributed by atoms with E-state index in [9.17, 15) is 10.2 Å². The lowest BCUT2D eigenvalue weighted by Crippen LogP contribution is -2.58. The van der Waals surface area contributed by atoms with Gasteiger partial charge in [-0.25, -0.2) is 0 Å². The molecule has 1 fully saturated rings. The molecule has 80 valence electrons. The molecule has 8 heteroatoms. The maximum atomic E-state index is 9.32. The molecule has 5 atom stereocenters. The average molecular weight is 205 g/mol. The van der Waals surface area contributed by atoms with Crippen molar-refractivity contribution in [1.82, 2.24) is 0 Å². The third-order valence-electron chi connectivity index (χ3n) is 2.01. The first-order valence-electron chi connectivity index (χ1n) is 3.96. The van der Waals surface area contributed by atoms with Gasteiger partial charge in [0.15, 0.2) is 6.29 Å². The number of hydrogen-bond acceptors (Lipinski definition) is 6. The van der Waals surface area contributed by atoms with Gasteiger partial charge in [0.1, 0.15) is 18.3 Å². The van der Waals surface area contributed by atoms with E-state index in [4.69, 9.17) is 20.5 Å². The Morgan fingerprint density at radius 1 is 1.14 bits per heavy atom. The molecule has 0 saturated carbocycles. The van der Waals surface area contributed by atoms with Gasteiger partial charge >= 0.3 is 0 Å². The largest absolute Gasteiger partial charge is 0.388 e. The summed E-state index contributed by atoms with van der Waals surface area (Å²) in [7, 11) is 0. The molecule has 1 saturated heterocycles. The van der Waals surface area contributed by atoms with Crippen LogP contribution in [0.5, 0.6) is 0 Å². The molecule has 0 bridgehead atoms. The van der Waals surface area contributed by atoms with Gasteiger partial charge in [0.2, 0.25) is 0 Å². The van der Waals surface area contributed by atoms with Gasteiger partial charge in [-0.05, 0) is 5.53 Å². The zero-order valence-electron chi connectivity index (χ0n) is 7.13. The van der Waals surface area contributed by atoms with E-state index in [1.54, 1.807) is 0 Å². The van der Waals surface area contributed by atoms with E-state index in [1.165, 1.54) is 0 Å². The van der Waals surface area contributed by atoms with Crippen molar-refractivity contribution in [2.24, 2.45) is 5.11 Å². The van der Waals surface area contributed by atoms with E-state index in [1.807, 2.05) is 0 Å². The number of hydrogen-bond donors (Lipinski definition) is 4. The standard InChI is InChI=1S/C6H11N3O5/c7-9-8-1-2-3(10)4(11)5(12)6(13)14-2/h2-6,10-13H,1H2/t2-,3+,4+,5-,6-/m0/s1. The Morgan fingerprint density at radius 3 is 2.36 bits per heavy atom. The van der Waals surface area contributed by atoms with Crippen LogP contribution in [-0.4, -0.2) is 57.7 Å². The van der Waals surface area contributed by atoms with Crippen molar-refractivity contribution in [3.05, 3.63) is 10.4 Å². The average Bonchev–Trinajstić information content (AvgIpc) is 2.18. The summed E-state index contributed by atoms with van der Waals surface area (Å²) in [6.45, 7) is -0.224. The predicted octanol–water partition coefficient (Wildman–Crippen LogP) is -1.90. The van der Waals surface area contributed by atoms with Gasteiger partial charge in [-0.1, -0.05) is 5.11 Å². The molecule has 0 aromatic carbocycles. The first-order chi connectivity index (χ1) is 6.57. The molecule has 14 heavy (non-hydrogen) atoms. The van der Waals surface area contributed by atoms with E-state index >= 15 is 0 Å². The fourth-order valence-electron chi connectivity index (χ4n) is 1.20. The van der Waals surface area contributed by atoms with Crippen LogP contribution in [0.2, 0.25) is 0 Å². The van der Waals surface area contributed by atoms with Crippen molar-refractivity contribution in [3.8, 4) is 0 Å². The van der Waals surface area contributed by atoms with E-state index in [0.717, 1.165) is 0 Å². The van der Waals surface area contributed by atoms with E-state index in [-0.39, 0.29) is 6.54 Å². The number of aliphatic hydroxyl groups excluding tert-OH is 4. The molecule has 1 aliphatic rings. The van der Waals surface area contributed by atoms with Crippen molar-refractivity contribution < 1.29 is 25.2 Å². The number of rotatable bonds is 2. The monoisotopic (exact) mass is 205 g/mol. The van der Waals surface area contributed by atoms with Crippen LogP contribution in [0.4, 0.5) is 0 Å². The van der Waals surface area contributed by atoms with Crippen LogP contribution in [-0.2, 0) is 4.74 Å². The highest BCUT2D eigenvalue weighted by Gasteiger charge is 2.42. The summed E-state index contributed by atoms with van der Waals surface area (Å²) in [6.07, 6.45) is -7.07. The van der Waals surface area contributed by atoms with Crippen molar-refractivity contribution in [3.63, 3.8) is 0 Å². The lowest BCUT2D eigenvalue weighted by atomic mass is 9.99. The van der Waals surface area contributed by atoms with Crippen molar-refractivity contribution in [2.45, 2.75) is 30.7 Å². The minimum absolute atomic E-state index is 0.224. The smallest absolute Gasteiger partial charge is 0.183 e. The molecular formula is C6H11N3O5. The lowest BCUT2D eigenvalue weighted by Gasteiger charge is -2.37. The number of nitrogens with zero attached hydrogens (tertiary/aromatic N) is 3. The van der Waals surface area contributed by atoms with Crippen LogP contribution in [0.3, 0.4) is 0 Å². The quantitative estimate of drug-likeness (QED) is 0.237. The number of azide groups is 1. The zero-order chi connectivity index (χ0) is 10.7. The maximum absolute atomic E-state index is 9.32. The lowest BCUT2D eigenvalue weighted by molar-refractivity contribution is -0.279. The maximum Gasteiger partial charge on any atom is 0.183 e. The first-order valence-corrected chi connectivity index (χ1v) is 3.96. The topological polar surface area (TPSA) is 139 Å². The molecule has 0 radical (unpaired) electrons. The number of ether oxygens (including phenoxy) is 1. The first kappa shape index (κ1) is 11.2. The highest BCUT2D eigenvalue weighted by atomic mass is 16.6. The second kappa shape index (κ2) is 4.56. The predicted molar refractivity (Wildman–Crippen MR) is 42.9 cm³/mol. The van der Waals surface area contributed by atoms with Crippen LogP contribution in [0, 0.1) is 0 Å². The number of aliphatic hydroxyl groups is 4. The van der Waals surface area contributed by atoms with Gasteiger partial charge < -0.3 is 25.2 Å². The Labute approximate surface area is 79.0 Å². The van der Waals surface area contributed by atoms with Crippen molar-refractivity contribution in [1.29, 1.82) is 0 Å². The van der Waals surface area contributed by atoms with Crippen molar-refractivity contribution in [2.75, 3.05) is 6.54 Å². The van der Waals surface area contributed by atoms with Crippen LogP contribution in [0.25, 0.3) is 10.4 Å². The zero-order valence-corrected chi connectivity index (χ0v) is 7.13. The second-order valence-corrected chi connectivity index (χ2v) is 2.95. The Balaban J connectivity index is 2.64. The molecule has 1 aliphatic heterocycles. The highest BCUT2D eigenvalue weighted by molar-refractivity contribution is 4.89. The summed E-state index contributed by atoms with van der Waals surface area (Å²) < 4.78 is 4.71. The van der Waals surface area contributed by atoms with Crippen molar-refractivity contribution >= 4 is 0 Å². The van der Waals surface area contributed by atoms with E-state index in [2.05, 4.69) is 10.0 Å². The Morgan fingerprint density at radius 2 is 1.79 bits per heavy atom. The third-order valence-corrected chi connectivity index (χ3v) is 2.01. The van der Waals surface area contributed by atoms with Crippen LogP contribution in [0.15, 0.2) is 5.11 Å². The van der Waals surface area contributed by atoms with Gasteiger partial charge in [0.25, 0.3) is 0 Å². The summed E-state index contributed by atoms with van der Waals surface area (Å²) in [6, 6.07) is 0. The Hall–Kier alpha value is -0.890. The molecule has 4 N–H and O–H groups in total. The second-order valence-electron chi connectivity index (χ2n) is 2.95. The summed E-state index contributed by atoms with van der Waals surface area (Å²) in [5.74, 6) is 0. The van der Waals surface area contributed by atoms with Gasteiger partial charge in [0, 0.05) is 4.91 Å². The van der Waals surface area contributed by atoms with Crippen LogP contribution < -0.4 is 0 Å². The van der Waals surface area contributed by atoms with Gasteiger partial charge in [-0.2, -0.15) is 0 Å². The normalized spacial score (nSPS) is 43.0. The molecule has 0 spiro atoms. The molecule has 0 aliphatic carbocycles. The minimum atomic E-state index is -1.59. The minimum Gasteiger partial charge on any atom is -0.388 e. The summed E-state index contributed by atoms with van der Waals surface area (Å²) in [4.78, 5) is 2.44. The van der Waals surface area contributed by atoms with E-state index in [0.29, 0.717) is 0 Å². The molecule has 1 heterocycles. The molecule has 0 amide bonds. The third kappa shape index (κ3) is 2.13. The molecule has 8 nitrogen and oxygen atoms in total. The van der Waals surface area contributed by atoms with Gasteiger partial charge in [-0.15, -0.1) is 0 Å². The van der Waals surface area contributed by atoms with E-state index < -0.39 is 30.7 Å². The van der Waals surface area contributed by atoms with Crippen LogP contribution in [0.1, 0.15) is 0 Å². The fraction of sp³-hybridized carbons (Fsp3) is 1.00. The summed E-state index contributed by atoms with van der Waals surface area (Å²) in [5, 5.41) is 39.8. The summed E-state index contributed by atoms with van der Waals surface area (Å²) in [5.41, 5.74) is 8.01. The molecule has 0 aromatic heterocycles. The SMILES string of the molecule is [N-]=[N+]=NC[C@@H]1O[C@H](O)[C@@H](O)[C@H](O)[C@@H]1O. The Bertz CT molecular complexity index is 244. The Kier molecular flexibility index (Phi) is 3.64. The van der Waals surface area contributed by atoms with Gasteiger partial charge in [-0.3, -0.25) is 0 Å². The summed E-state index contributed by atoms with van der Waals surface area (Å²) >= 11 is 0. The van der Waals surface area contributed by atoms with Crippen LogP contribution >= 0.6 is 0 Å². The highest BCUT2D eigenvalue weighted by Crippen LogP contribution is 2.19. The fourth-order valence-corrected chi connectivity index (χ4v) is 1.20. The molecule has 1 rings (SSSR count).